The van der Waals surface area contributed by atoms with Crippen LogP contribution in [0, 0.1) is 5.82 Å². The van der Waals surface area contributed by atoms with Crippen LogP contribution in [-0.2, 0) is 29.6 Å². The Labute approximate surface area is 250 Å². The number of fused-ring (bicyclic) bond motifs is 1. The lowest BCUT2D eigenvalue weighted by Gasteiger charge is -2.25. The molecule has 1 aliphatic heterocycles. The van der Waals surface area contributed by atoms with E-state index < -0.39 is 38.2 Å². The molecule has 0 radical (unpaired) electrons. The number of nitrogens with one attached hydrogen (secondary N) is 2. The largest absolute Gasteiger partial charge is 0.350 e. The van der Waals surface area contributed by atoms with Crippen molar-refractivity contribution in [2.75, 3.05) is 24.2 Å². The highest BCUT2D eigenvalue weighted by Crippen LogP contribution is 2.44. The van der Waals surface area contributed by atoms with Crippen LogP contribution < -0.4 is 29.5 Å². The maximum atomic E-state index is 13.2. The van der Waals surface area contributed by atoms with Crippen LogP contribution in [-0.4, -0.2) is 48.5 Å². The summed E-state index contributed by atoms with van der Waals surface area (Å²) in [5.41, 5.74) is 2.23. The number of rotatable bonds is 10. The Morgan fingerprint density at radius 2 is 1.67 bits per heavy atom. The molecule has 1 heterocycles. The topological polar surface area (TPSA) is 133 Å². The number of amides is 2. The zero-order valence-corrected chi connectivity index (χ0v) is 25.8. The third kappa shape index (κ3) is 5.96. The highest BCUT2D eigenvalue weighted by Gasteiger charge is 2.39. The molecule has 0 unspecified atom stereocenters. The second-order valence-corrected chi connectivity index (χ2v) is 14.5. The molecule has 3 aromatic rings. The van der Waals surface area contributed by atoms with Gasteiger partial charge in [-0.1, -0.05) is 15.9 Å². The standard InChI is InChI=1S/C28H26BrFN4O6S2/c1-31-28(36)27-23-15-22(17-3-4-17)24(16-25(23)34(27)20-9-5-18(29)6-10-20)33(41(2,37)38)14-13-26(35)32-42(39,40)21-11-7-19(30)8-12-21/h5-12,15-17H,3-4,13-14H2,1-2H3,(H-,31,32,35,36)/p+1. The molecular formula is C28H27BrFN4O6S2+. The van der Waals surface area contributed by atoms with Crippen molar-refractivity contribution < 1.29 is 30.8 Å². The first kappa shape index (κ1) is 29.9. The molecule has 0 spiro atoms. The minimum absolute atomic E-state index is 0.0786. The van der Waals surface area contributed by atoms with Crippen molar-refractivity contribution in [1.82, 2.24) is 14.6 Å². The highest BCUT2D eigenvalue weighted by molar-refractivity contribution is 9.10. The fraction of sp³-hybridized carbons (Fsp3) is 0.250. The molecule has 0 atom stereocenters. The smallest absolute Gasteiger partial charge is 0.317 e. The van der Waals surface area contributed by atoms with Crippen molar-refractivity contribution in [3.63, 3.8) is 0 Å². The van der Waals surface area contributed by atoms with Crippen LogP contribution in [0.1, 0.15) is 30.7 Å². The van der Waals surface area contributed by atoms with Crippen LogP contribution in [0.3, 0.4) is 0 Å². The number of nitrogens with zero attached hydrogens (tertiary/aromatic N) is 2. The van der Waals surface area contributed by atoms with Crippen molar-refractivity contribution in [2.45, 2.75) is 30.1 Å². The highest BCUT2D eigenvalue weighted by atomic mass is 79.9. The molecule has 2 aliphatic rings. The summed E-state index contributed by atoms with van der Waals surface area (Å²) in [6.07, 6.45) is 2.24. The second-order valence-electron chi connectivity index (χ2n) is 10.0. The van der Waals surface area contributed by atoms with Crippen LogP contribution in [0.15, 0.2) is 70.0 Å². The van der Waals surface area contributed by atoms with E-state index in [1.54, 1.807) is 10.6 Å². The first-order valence-corrected chi connectivity index (χ1v) is 17.0. The number of hydrogen-bond acceptors (Lipinski definition) is 6. The Hall–Kier alpha value is -3.62. The zero-order chi connectivity index (χ0) is 30.4. The minimum Gasteiger partial charge on any atom is -0.350 e. The summed E-state index contributed by atoms with van der Waals surface area (Å²) >= 11 is 3.41. The zero-order valence-electron chi connectivity index (χ0n) is 22.6. The third-order valence-electron chi connectivity index (χ3n) is 6.99. The van der Waals surface area contributed by atoms with Gasteiger partial charge in [-0.2, -0.15) is 0 Å². The molecule has 0 saturated heterocycles. The molecule has 42 heavy (non-hydrogen) atoms. The Balaban J connectivity index is 1.53. The second kappa shape index (κ2) is 11.2. The molecule has 2 amide bonds. The predicted molar refractivity (Wildman–Crippen MR) is 159 cm³/mol. The van der Waals surface area contributed by atoms with Gasteiger partial charge in [0.2, 0.25) is 27.0 Å². The molecule has 5 rings (SSSR count). The Bertz CT molecular complexity index is 1940. The van der Waals surface area contributed by atoms with Gasteiger partial charge in [-0.25, -0.2) is 25.9 Å². The molecule has 2 N–H and O–H groups in total. The molecule has 10 nitrogen and oxygen atoms in total. The Morgan fingerprint density at radius 3 is 2.24 bits per heavy atom. The molecule has 3 aromatic carbocycles. The fourth-order valence-corrected chi connectivity index (χ4v) is 7.05. The van der Waals surface area contributed by atoms with Gasteiger partial charge < -0.3 is 5.32 Å². The lowest BCUT2D eigenvalue weighted by Crippen LogP contribution is -2.54. The Morgan fingerprint density at radius 1 is 1.02 bits per heavy atom. The summed E-state index contributed by atoms with van der Waals surface area (Å²) in [7, 11) is -6.66. The first-order chi connectivity index (χ1) is 19.8. The third-order valence-corrected chi connectivity index (χ3v) is 10.1. The number of anilines is 1. The maximum Gasteiger partial charge on any atom is 0.317 e. The SMILES string of the molecule is CNC(=O)C1=c2cc(C3CC3)c(N(CCC(=O)NS(=O)(=O)c3ccc(F)cc3)S(C)(=O)=O)cc2=[N+]1c1ccc(Br)cc1. The van der Waals surface area contributed by atoms with E-state index in [1.807, 2.05) is 35.1 Å². The molecule has 14 heteroatoms. The maximum absolute atomic E-state index is 13.2. The molecule has 1 saturated carbocycles. The normalized spacial score (nSPS) is 14.6. The van der Waals surface area contributed by atoms with E-state index >= 15 is 0 Å². The summed E-state index contributed by atoms with van der Waals surface area (Å²) in [5, 5.41) is 3.96. The van der Waals surface area contributed by atoms with Crippen molar-refractivity contribution in [3.05, 3.63) is 87.1 Å². The average Bonchev–Trinajstić information content (AvgIpc) is 3.75. The molecule has 0 bridgehead atoms. The first-order valence-electron chi connectivity index (χ1n) is 12.9. The van der Waals surface area contributed by atoms with Crippen molar-refractivity contribution in [2.24, 2.45) is 0 Å². The van der Waals surface area contributed by atoms with Gasteiger partial charge in [0.25, 0.3) is 15.7 Å². The van der Waals surface area contributed by atoms with E-state index in [4.69, 9.17) is 0 Å². The van der Waals surface area contributed by atoms with Crippen LogP contribution in [0.25, 0.3) is 5.70 Å². The number of carbonyl (C=O) groups excluding carboxylic acids is 2. The number of hydrogen-bond donors (Lipinski definition) is 2. The number of benzene rings is 3. The fourth-order valence-electron chi connectivity index (χ4n) is 4.84. The summed E-state index contributed by atoms with van der Waals surface area (Å²) in [6, 6.07) is 14.8. The van der Waals surface area contributed by atoms with Crippen LogP contribution in [0.5, 0.6) is 0 Å². The van der Waals surface area contributed by atoms with Gasteiger partial charge in [0.15, 0.2) is 0 Å². The summed E-state index contributed by atoms with van der Waals surface area (Å²) in [5.74, 6) is -1.77. The molecular weight excluding hydrogens is 651 g/mol. The van der Waals surface area contributed by atoms with Gasteiger partial charge in [-0.15, -0.1) is 4.58 Å². The van der Waals surface area contributed by atoms with Gasteiger partial charge in [0.1, 0.15) is 11.0 Å². The monoisotopic (exact) mass is 677 g/mol. The van der Waals surface area contributed by atoms with E-state index in [9.17, 15) is 30.8 Å². The molecule has 220 valence electrons. The van der Waals surface area contributed by atoms with Crippen LogP contribution in [0.2, 0.25) is 0 Å². The van der Waals surface area contributed by atoms with Gasteiger partial charge in [-0.05, 0) is 66.8 Å². The molecule has 0 aromatic heterocycles. The van der Waals surface area contributed by atoms with E-state index in [2.05, 4.69) is 21.2 Å². The quantitative estimate of drug-likeness (QED) is 0.315. The van der Waals surface area contributed by atoms with E-state index in [0.717, 1.165) is 57.7 Å². The van der Waals surface area contributed by atoms with Crippen LogP contribution in [0.4, 0.5) is 15.8 Å². The van der Waals surface area contributed by atoms with E-state index in [0.29, 0.717) is 27.6 Å². The molecule has 1 fully saturated rings. The van der Waals surface area contributed by atoms with Gasteiger partial charge in [0.05, 0.1) is 16.8 Å². The van der Waals surface area contributed by atoms with Gasteiger partial charge in [0, 0.05) is 42.7 Å². The number of sulfonamides is 2. The lowest BCUT2D eigenvalue weighted by atomic mass is 10.0. The van der Waals surface area contributed by atoms with E-state index in [-0.39, 0.29) is 23.3 Å². The Kier molecular flexibility index (Phi) is 7.98. The van der Waals surface area contributed by atoms with Crippen molar-refractivity contribution in [1.29, 1.82) is 0 Å². The number of carbonyl (C=O) groups is 2. The number of halogens is 2. The minimum atomic E-state index is -4.28. The summed E-state index contributed by atoms with van der Waals surface area (Å²) in [4.78, 5) is 25.3. The van der Waals surface area contributed by atoms with Crippen LogP contribution >= 0.6 is 15.9 Å². The average molecular weight is 679 g/mol. The lowest BCUT2D eigenvalue weighted by molar-refractivity contribution is -0.119. The van der Waals surface area contributed by atoms with Gasteiger partial charge in [-0.3, -0.25) is 13.9 Å². The summed E-state index contributed by atoms with van der Waals surface area (Å²) in [6.45, 7) is -0.327. The molecule has 1 aliphatic carbocycles. The van der Waals surface area contributed by atoms with Crippen molar-refractivity contribution in [3.8, 4) is 0 Å². The predicted octanol–water partition coefficient (Wildman–Crippen LogP) is 1.82. The number of likely N-dealkylation sites (N-methyl/N-ethyl adjacent to an activating group) is 1. The van der Waals surface area contributed by atoms with Crippen molar-refractivity contribution >= 4 is 64.9 Å². The summed E-state index contributed by atoms with van der Waals surface area (Å²) < 4.78 is 70.1. The van der Waals surface area contributed by atoms with Gasteiger partial charge >= 0.3 is 5.91 Å². The van der Waals surface area contributed by atoms with E-state index in [1.165, 1.54) is 7.05 Å².